The first-order chi connectivity index (χ1) is 9.11. The summed E-state index contributed by atoms with van der Waals surface area (Å²) in [4.78, 5) is 13.4. The van der Waals surface area contributed by atoms with Crippen LogP contribution < -0.4 is 4.46 Å². The zero-order valence-corrected chi connectivity index (χ0v) is 12.7. The summed E-state index contributed by atoms with van der Waals surface area (Å²) in [6.07, 6.45) is 1.69. The Bertz CT molecular complexity index is 475. The van der Waals surface area contributed by atoms with Gasteiger partial charge < -0.3 is 0 Å². The van der Waals surface area contributed by atoms with Gasteiger partial charge >= 0.3 is 119 Å². The van der Waals surface area contributed by atoms with Crippen LogP contribution in [0.2, 0.25) is 4.82 Å². The summed E-state index contributed by atoms with van der Waals surface area (Å²) in [5.41, 5.74) is 0.623. The molecule has 5 heteroatoms. The van der Waals surface area contributed by atoms with Crippen molar-refractivity contribution in [2.24, 2.45) is 0 Å². The van der Waals surface area contributed by atoms with Gasteiger partial charge in [-0.25, -0.2) is 0 Å². The summed E-state index contributed by atoms with van der Waals surface area (Å²) < 4.78 is 5.98. The predicted octanol–water partition coefficient (Wildman–Crippen LogP) is 0.515. The number of methoxy groups -OCH3 is 1. The number of hydrogen-bond donors (Lipinski definition) is 1. The van der Waals surface area contributed by atoms with Crippen LogP contribution >= 0.6 is 0 Å². The van der Waals surface area contributed by atoms with E-state index in [1.165, 1.54) is 11.6 Å². The average Bonchev–Trinajstić information content (AvgIpc) is 2.44. The maximum absolute atomic E-state index is 11.6. The molecule has 2 rings (SSSR count). The van der Waals surface area contributed by atoms with Gasteiger partial charge in [-0.05, 0) is 0 Å². The molecule has 0 bridgehead atoms. The van der Waals surface area contributed by atoms with E-state index in [-0.39, 0.29) is 25.7 Å². The van der Waals surface area contributed by atoms with Crippen LogP contribution in [0.15, 0.2) is 42.1 Å². The number of rotatable bonds is 3. The first-order valence-corrected chi connectivity index (χ1v) is 7.87. The first-order valence-electron chi connectivity index (χ1n) is 6.02. The molecule has 0 saturated carbocycles. The van der Waals surface area contributed by atoms with Crippen LogP contribution in [-0.4, -0.2) is 51.3 Å². The number of benzene rings is 1. The molecule has 0 spiro atoms. The van der Waals surface area contributed by atoms with E-state index in [9.17, 15) is 9.90 Å². The average molecular weight is 326 g/mol. The normalized spacial score (nSPS) is 22.9. The van der Waals surface area contributed by atoms with Gasteiger partial charge in [-0.15, -0.1) is 0 Å². The zero-order valence-electron chi connectivity index (χ0n) is 10.9. The summed E-state index contributed by atoms with van der Waals surface area (Å²) in [6, 6.07) is 10.1. The second-order valence-corrected chi connectivity index (χ2v) is 7.15. The van der Waals surface area contributed by atoms with Gasteiger partial charge in [0.2, 0.25) is 0 Å². The van der Waals surface area contributed by atoms with Crippen LogP contribution in [0.3, 0.4) is 0 Å². The van der Waals surface area contributed by atoms with Gasteiger partial charge in [-0.2, -0.15) is 0 Å². The Morgan fingerprint density at radius 3 is 2.74 bits per heavy atom. The summed E-state index contributed by atoms with van der Waals surface area (Å²) in [6.45, 7) is 0. The molecule has 1 aliphatic rings. The zero-order chi connectivity index (χ0) is 13.8. The van der Waals surface area contributed by atoms with Crippen LogP contribution in [0.25, 0.3) is 0 Å². The van der Waals surface area contributed by atoms with E-state index in [0.29, 0.717) is 12.0 Å². The molecular formula is C14H17NO3Se. The quantitative estimate of drug-likeness (QED) is 0.650. The number of carbonyl (C=O) groups is 1. The Kier molecular flexibility index (Phi) is 4.64. The van der Waals surface area contributed by atoms with Crippen LogP contribution in [0, 0.1) is 0 Å². The minimum absolute atomic E-state index is 0.0546. The molecule has 0 radical (unpaired) electrons. The third-order valence-electron chi connectivity index (χ3n) is 3.01. The van der Waals surface area contributed by atoms with Crippen molar-refractivity contribution < 1.29 is 14.6 Å². The molecule has 0 fully saturated rings. The van der Waals surface area contributed by atoms with Gasteiger partial charge in [0.15, 0.2) is 0 Å². The Balaban J connectivity index is 2.13. The fourth-order valence-electron chi connectivity index (χ4n) is 2.00. The second kappa shape index (κ2) is 6.24. The minimum atomic E-state index is -0.548. The number of ether oxygens (including phenoxy) is 1. The van der Waals surface area contributed by atoms with E-state index >= 15 is 0 Å². The third kappa shape index (κ3) is 3.38. The van der Waals surface area contributed by atoms with E-state index in [2.05, 4.69) is 12.1 Å². The molecule has 4 nitrogen and oxygen atoms in total. The van der Waals surface area contributed by atoms with Crippen molar-refractivity contribution in [3.63, 3.8) is 0 Å². The molecular weight excluding hydrogens is 309 g/mol. The fraction of sp³-hybridized carbons (Fsp3) is 0.357. The molecule has 102 valence electrons. The molecule has 0 aliphatic carbocycles. The Labute approximate surface area is 119 Å². The van der Waals surface area contributed by atoms with Crippen molar-refractivity contribution in [3.8, 4) is 0 Å². The van der Waals surface area contributed by atoms with E-state index in [1.54, 1.807) is 18.1 Å². The molecule has 1 aliphatic heterocycles. The molecule has 2 atom stereocenters. The van der Waals surface area contributed by atoms with E-state index in [0.717, 1.165) is 0 Å². The molecule has 1 aromatic carbocycles. The van der Waals surface area contributed by atoms with Crippen LogP contribution in [0.4, 0.5) is 0 Å². The summed E-state index contributed by atoms with van der Waals surface area (Å²) in [5, 5.41) is 10.2. The van der Waals surface area contributed by atoms with Crippen molar-refractivity contribution in [1.29, 1.82) is 0 Å². The van der Waals surface area contributed by atoms with Gasteiger partial charge in [-0.1, -0.05) is 0 Å². The second-order valence-electron chi connectivity index (χ2n) is 4.40. The molecule has 0 amide bonds. The molecule has 0 unspecified atom stereocenters. The topological polar surface area (TPSA) is 49.8 Å². The Morgan fingerprint density at radius 1 is 1.42 bits per heavy atom. The summed E-state index contributed by atoms with van der Waals surface area (Å²) >= 11 is 0.114. The van der Waals surface area contributed by atoms with Gasteiger partial charge in [0.25, 0.3) is 0 Å². The molecule has 0 saturated heterocycles. The van der Waals surface area contributed by atoms with E-state index < -0.39 is 6.23 Å². The van der Waals surface area contributed by atoms with Gasteiger partial charge in [0.1, 0.15) is 0 Å². The molecule has 19 heavy (non-hydrogen) atoms. The first kappa shape index (κ1) is 14.1. The number of aliphatic hydroxyl groups excluding tert-OH is 1. The Morgan fingerprint density at radius 2 is 2.11 bits per heavy atom. The van der Waals surface area contributed by atoms with Crippen molar-refractivity contribution in [2.45, 2.75) is 17.5 Å². The van der Waals surface area contributed by atoms with Crippen molar-refractivity contribution in [2.75, 3.05) is 14.2 Å². The number of hydrogen-bond acceptors (Lipinski definition) is 4. The predicted molar refractivity (Wildman–Crippen MR) is 74.1 cm³/mol. The number of nitrogens with zero attached hydrogens (tertiary/aromatic N) is 1. The van der Waals surface area contributed by atoms with Crippen LogP contribution in [0.1, 0.15) is 6.42 Å². The van der Waals surface area contributed by atoms with Gasteiger partial charge in [0.05, 0.1) is 0 Å². The number of carbonyl (C=O) groups excluding carboxylic acids is 1. The van der Waals surface area contributed by atoms with Crippen LogP contribution in [0.5, 0.6) is 0 Å². The van der Waals surface area contributed by atoms with E-state index in [1.807, 2.05) is 18.2 Å². The van der Waals surface area contributed by atoms with Crippen molar-refractivity contribution in [3.05, 3.63) is 42.1 Å². The SMILES string of the molecule is COC(=O)C1=CN(C)[C@H](O)[C@@H]([Se]c2ccccc2)C1. The Hall–Kier alpha value is -1.29. The molecule has 1 N–H and O–H groups in total. The molecule has 1 heterocycles. The maximum atomic E-state index is 11.6. The fourth-order valence-corrected chi connectivity index (χ4v) is 4.61. The molecule has 1 aromatic rings. The van der Waals surface area contributed by atoms with Crippen LogP contribution in [-0.2, 0) is 9.53 Å². The summed E-state index contributed by atoms with van der Waals surface area (Å²) in [7, 11) is 3.16. The van der Waals surface area contributed by atoms with Gasteiger partial charge in [-0.3, -0.25) is 0 Å². The van der Waals surface area contributed by atoms with Gasteiger partial charge in [0, 0.05) is 0 Å². The monoisotopic (exact) mass is 327 g/mol. The van der Waals surface area contributed by atoms with Crippen molar-refractivity contribution in [1.82, 2.24) is 4.90 Å². The standard InChI is InChI=1S/C14H17NO3Se/c1-15-9-10(14(17)18-2)8-12(13(15)16)19-11-6-4-3-5-7-11/h3-7,9,12-13,16H,8H2,1-2H3/t12-,13+/m0/s1. The summed E-state index contributed by atoms with van der Waals surface area (Å²) in [5.74, 6) is -0.312. The number of aliphatic hydroxyl groups is 1. The van der Waals surface area contributed by atoms with E-state index in [4.69, 9.17) is 4.74 Å². The third-order valence-corrected chi connectivity index (χ3v) is 5.65. The number of esters is 1. The molecule has 0 aromatic heterocycles. The van der Waals surface area contributed by atoms with Crippen molar-refractivity contribution >= 4 is 25.4 Å².